The Labute approximate surface area is 121 Å². The first-order valence-corrected chi connectivity index (χ1v) is 7.93. The number of benzene rings is 1. The van der Waals surface area contributed by atoms with Gasteiger partial charge in [0, 0.05) is 25.0 Å². The number of hydrogen-bond donors (Lipinski definition) is 1. The van der Waals surface area contributed by atoms with Crippen molar-refractivity contribution in [1.82, 2.24) is 4.90 Å². The zero-order chi connectivity index (χ0) is 13.6. The van der Waals surface area contributed by atoms with E-state index in [9.17, 15) is 5.11 Å². The van der Waals surface area contributed by atoms with Crippen molar-refractivity contribution in [2.45, 2.75) is 31.1 Å². The number of phenolic OH excluding ortho intramolecular Hbond substituents is 1. The Kier molecular flexibility index (Phi) is 2.88. The Balaban J connectivity index is 1.66. The van der Waals surface area contributed by atoms with Crippen LogP contribution >= 0.6 is 0 Å². The molecule has 0 aromatic heterocycles. The van der Waals surface area contributed by atoms with Gasteiger partial charge in [0.1, 0.15) is 5.75 Å². The van der Waals surface area contributed by atoms with Gasteiger partial charge in [-0.15, -0.1) is 0 Å². The Morgan fingerprint density at radius 3 is 2.95 bits per heavy atom. The van der Waals surface area contributed by atoms with Crippen LogP contribution in [0, 0.1) is 11.8 Å². The van der Waals surface area contributed by atoms with Crippen LogP contribution in [0.2, 0.25) is 0 Å². The largest absolute Gasteiger partial charge is 0.508 e. The van der Waals surface area contributed by atoms with Gasteiger partial charge in [0.15, 0.2) is 0 Å². The molecular weight excluding hydrogens is 246 g/mol. The Morgan fingerprint density at radius 2 is 2.15 bits per heavy atom. The Hall–Kier alpha value is -1.28. The van der Waals surface area contributed by atoms with Crippen molar-refractivity contribution in [2.75, 3.05) is 19.6 Å². The number of hydrogen-bond acceptors (Lipinski definition) is 2. The summed E-state index contributed by atoms with van der Waals surface area (Å²) in [6.07, 6.45) is 9.88. The van der Waals surface area contributed by atoms with Crippen LogP contribution < -0.4 is 0 Å². The molecule has 0 amide bonds. The fourth-order valence-corrected chi connectivity index (χ4v) is 4.23. The monoisotopic (exact) mass is 269 g/mol. The molecule has 2 fully saturated rings. The van der Waals surface area contributed by atoms with Gasteiger partial charge in [-0.05, 0) is 55.2 Å². The summed E-state index contributed by atoms with van der Waals surface area (Å²) in [7, 11) is 0. The predicted molar refractivity (Wildman–Crippen MR) is 80.8 cm³/mol. The Morgan fingerprint density at radius 1 is 1.25 bits per heavy atom. The van der Waals surface area contributed by atoms with Crippen molar-refractivity contribution in [3.63, 3.8) is 0 Å². The number of nitrogens with zero attached hydrogens (tertiary/aromatic N) is 1. The lowest BCUT2D eigenvalue weighted by Gasteiger charge is -2.37. The van der Waals surface area contributed by atoms with Gasteiger partial charge < -0.3 is 10.0 Å². The molecule has 1 saturated heterocycles. The van der Waals surface area contributed by atoms with Crippen LogP contribution in [0.15, 0.2) is 36.4 Å². The number of fused-ring (bicyclic) bond motifs is 1. The van der Waals surface area contributed by atoms with Gasteiger partial charge in [-0.2, -0.15) is 0 Å². The maximum absolute atomic E-state index is 9.85. The second-order valence-corrected chi connectivity index (χ2v) is 6.95. The van der Waals surface area contributed by atoms with Gasteiger partial charge in [0.05, 0.1) is 0 Å². The van der Waals surface area contributed by atoms with E-state index in [0.29, 0.717) is 11.7 Å². The molecule has 1 saturated carbocycles. The molecule has 2 aliphatic carbocycles. The van der Waals surface area contributed by atoms with E-state index in [4.69, 9.17) is 0 Å². The second-order valence-electron chi connectivity index (χ2n) is 6.95. The molecule has 3 aliphatic rings. The first kappa shape index (κ1) is 12.5. The second kappa shape index (κ2) is 4.63. The lowest BCUT2D eigenvalue weighted by Crippen LogP contribution is -2.36. The van der Waals surface area contributed by atoms with Crippen LogP contribution in [0.25, 0.3) is 0 Å². The van der Waals surface area contributed by atoms with Crippen molar-refractivity contribution in [2.24, 2.45) is 11.8 Å². The predicted octanol–water partition coefficient (Wildman–Crippen LogP) is 3.32. The first-order valence-electron chi connectivity index (χ1n) is 7.93. The third-order valence-corrected chi connectivity index (χ3v) is 5.47. The van der Waals surface area contributed by atoms with Gasteiger partial charge in [0.25, 0.3) is 0 Å². The van der Waals surface area contributed by atoms with Gasteiger partial charge >= 0.3 is 0 Å². The molecule has 1 aromatic rings. The minimum absolute atomic E-state index is 0.238. The van der Waals surface area contributed by atoms with Crippen molar-refractivity contribution < 1.29 is 5.11 Å². The van der Waals surface area contributed by atoms with E-state index in [0.717, 1.165) is 12.3 Å². The van der Waals surface area contributed by atoms with Crippen molar-refractivity contribution in [3.8, 4) is 5.75 Å². The lowest BCUT2D eigenvalue weighted by molar-refractivity contribution is 0.296. The zero-order valence-corrected chi connectivity index (χ0v) is 12.0. The SMILES string of the molecule is Oc1cccc([C@]23CC=CC[C@@H]2CN(CC2CC2)C3)c1. The number of allylic oxidation sites excluding steroid dienone is 2. The maximum atomic E-state index is 9.85. The van der Waals surface area contributed by atoms with E-state index in [1.54, 1.807) is 6.07 Å². The molecule has 1 heterocycles. The number of likely N-dealkylation sites (tertiary alicyclic amines) is 1. The average molecular weight is 269 g/mol. The van der Waals surface area contributed by atoms with E-state index in [-0.39, 0.29) is 5.41 Å². The number of phenols is 1. The molecule has 0 spiro atoms. The van der Waals surface area contributed by atoms with E-state index >= 15 is 0 Å². The van der Waals surface area contributed by atoms with Crippen LogP contribution in [0.3, 0.4) is 0 Å². The highest BCUT2D eigenvalue weighted by molar-refractivity contribution is 5.37. The molecular formula is C18H23NO. The third-order valence-electron chi connectivity index (χ3n) is 5.47. The van der Waals surface area contributed by atoms with Gasteiger partial charge in [0.2, 0.25) is 0 Å². The number of rotatable bonds is 3. The van der Waals surface area contributed by atoms with Crippen LogP contribution in [-0.2, 0) is 5.41 Å². The maximum Gasteiger partial charge on any atom is 0.115 e. The molecule has 2 nitrogen and oxygen atoms in total. The summed E-state index contributed by atoms with van der Waals surface area (Å²) in [5.74, 6) is 2.09. The number of aromatic hydroxyl groups is 1. The smallest absolute Gasteiger partial charge is 0.115 e. The molecule has 4 rings (SSSR count). The molecule has 2 atom stereocenters. The van der Waals surface area contributed by atoms with Crippen molar-refractivity contribution in [1.29, 1.82) is 0 Å². The highest BCUT2D eigenvalue weighted by atomic mass is 16.3. The quantitative estimate of drug-likeness (QED) is 0.851. The molecule has 0 unspecified atom stereocenters. The topological polar surface area (TPSA) is 23.5 Å². The molecule has 1 N–H and O–H groups in total. The lowest BCUT2D eigenvalue weighted by atomic mass is 9.67. The third kappa shape index (κ3) is 2.07. The summed E-state index contributed by atoms with van der Waals surface area (Å²) in [6.45, 7) is 3.69. The minimum Gasteiger partial charge on any atom is -0.508 e. The van der Waals surface area contributed by atoms with Crippen LogP contribution in [0.4, 0.5) is 0 Å². The fraction of sp³-hybridized carbons (Fsp3) is 0.556. The highest BCUT2D eigenvalue weighted by Gasteiger charge is 2.48. The molecule has 0 radical (unpaired) electrons. The molecule has 1 aromatic carbocycles. The zero-order valence-electron chi connectivity index (χ0n) is 12.0. The minimum atomic E-state index is 0.238. The molecule has 0 bridgehead atoms. The van der Waals surface area contributed by atoms with Crippen LogP contribution in [0.1, 0.15) is 31.2 Å². The van der Waals surface area contributed by atoms with Crippen LogP contribution in [-0.4, -0.2) is 29.6 Å². The molecule has 106 valence electrons. The van der Waals surface area contributed by atoms with Gasteiger partial charge in [-0.3, -0.25) is 0 Å². The van der Waals surface area contributed by atoms with Gasteiger partial charge in [-0.25, -0.2) is 0 Å². The summed E-state index contributed by atoms with van der Waals surface area (Å²) in [5, 5.41) is 9.85. The first-order chi connectivity index (χ1) is 9.76. The fourth-order valence-electron chi connectivity index (χ4n) is 4.23. The van der Waals surface area contributed by atoms with Crippen LogP contribution in [0.5, 0.6) is 5.75 Å². The van der Waals surface area contributed by atoms with E-state index in [1.165, 1.54) is 44.5 Å². The highest BCUT2D eigenvalue weighted by Crippen LogP contribution is 2.48. The van der Waals surface area contributed by atoms with Crippen molar-refractivity contribution >= 4 is 0 Å². The molecule has 1 aliphatic heterocycles. The molecule has 2 heteroatoms. The summed E-state index contributed by atoms with van der Waals surface area (Å²) in [6, 6.07) is 7.99. The average Bonchev–Trinajstić information content (AvgIpc) is 3.17. The normalized spacial score (nSPS) is 33.3. The van der Waals surface area contributed by atoms with Gasteiger partial charge in [-0.1, -0.05) is 24.3 Å². The summed E-state index contributed by atoms with van der Waals surface area (Å²) >= 11 is 0. The molecule has 20 heavy (non-hydrogen) atoms. The summed E-state index contributed by atoms with van der Waals surface area (Å²) in [4.78, 5) is 2.68. The summed E-state index contributed by atoms with van der Waals surface area (Å²) < 4.78 is 0. The summed E-state index contributed by atoms with van der Waals surface area (Å²) in [5.41, 5.74) is 1.58. The van der Waals surface area contributed by atoms with Crippen molar-refractivity contribution in [3.05, 3.63) is 42.0 Å². The van der Waals surface area contributed by atoms with E-state index in [2.05, 4.69) is 23.1 Å². The standard InChI is InChI=1S/C18H23NO/c20-17-6-3-5-15(10-17)18-9-2-1-4-16(18)12-19(13-18)11-14-7-8-14/h1-3,5-6,10,14,16,20H,4,7-9,11-13H2/t16-,18-/m1/s1. The van der Waals surface area contributed by atoms with E-state index in [1.807, 2.05) is 12.1 Å². The van der Waals surface area contributed by atoms with E-state index < -0.39 is 0 Å². The Bertz CT molecular complexity index is 534.